The second kappa shape index (κ2) is 15.3. The molecule has 8 nitrogen and oxygen atoms in total. The first-order chi connectivity index (χ1) is 19.0. The average Bonchev–Trinajstić information content (AvgIpc) is 3.37. The van der Waals surface area contributed by atoms with Crippen molar-refractivity contribution in [3.63, 3.8) is 0 Å². The molecule has 9 heteroatoms. The van der Waals surface area contributed by atoms with Crippen LogP contribution in [0.3, 0.4) is 0 Å². The molecule has 2 heterocycles. The summed E-state index contributed by atoms with van der Waals surface area (Å²) >= 11 is 0. The zero-order chi connectivity index (χ0) is 27.6. The first-order valence-electron chi connectivity index (χ1n) is 12.9. The molecule has 1 fully saturated rings. The smallest absolute Gasteiger partial charge is 0.550 e. The molecule has 1 atom stereocenters. The third kappa shape index (κ3) is 7.97. The van der Waals surface area contributed by atoms with E-state index in [-0.39, 0.29) is 29.6 Å². The molecule has 1 aliphatic rings. The van der Waals surface area contributed by atoms with Gasteiger partial charge in [0.1, 0.15) is 18.0 Å². The summed E-state index contributed by atoms with van der Waals surface area (Å²) in [5.74, 6) is -0.604. The molecule has 1 aromatic heterocycles. The van der Waals surface area contributed by atoms with E-state index >= 15 is 0 Å². The van der Waals surface area contributed by atoms with Gasteiger partial charge >= 0.3 is 29.6 Å². The standard InChI is InChI=1S/C23H25N3O3.C8H8O2.Na/c1-15-21(24-2)22(29-25-15)18-7-5-16(6-8-18)17-9-11-20(12-10-17)26-13-3-4-19(14-26)23(27)28;9-7-10-6-8-4-2-1-3-5-8;/h5-12,19,24H,3-4,13-14H2,1-2H3,(H,27,28);1-5,7H,6H2;/q;;+1/p-1. The fraction of sp³-hybridized carbons (Fsp3) is 0.258. The summed E-state index contributed by atoms with van der Waals surface area (Å²) in [5.41, 5.74) is 6.98. The Bertz CT molecular complexity index is 1360. The summed E-state index contributed by atoms with van der Waals surface area (Å²) in [5, 5.41) is 18.4. The number of ether oxygens (including phenoxy) is 1. The first kappa shape index (κ1) is 30.9. The second-order valence-corrected chi connectivity index (χ2v) is 9.34. The van der Waals surface area contributed by atoms with Crippen LogP contribution in [-0.2, 0) is 20.9 Å². The van der Waals surface area contributed by atoms with Crippen LogP contribution in [0, 0.1) is 12.8 Å². The molecule has 0 amide bonds. The van der Waals surface area contributed by atoms with Gasteiger partial charge < -0.3 is 29.4 Å². The predicted octanol–water partition coefficient (Wildman–Crippen LogP) is 1.69. The normalized spacial score (nSPS) is 14.2. The molecule has 3 aromatic carbocycles. The quantitative estimate of drug-likeness (QED) is 0.261. The number of nitrogens with one attached hydrogen (secondary N) is 1. The number of benzene rings is 3. The van der Waals surface area contributed by atoms with E-state index in [0.717, 1.165) is 58.0 Å². The Kier molecular flexibility index (Phi) is 11.8. The Morgan fingerprint density at radius 1 is 1.05 bits per heavy atom. The molecule has 0 aliphatic carbocycles. The van der Waals surface area contributed by atoms with Gasteiger partial charge in [0.2, 0.25) is 0 Å². The number of aliphatic carboxylic acids is 1. The van der Waals surface area contributed by atoms with Gasteiger partial charge in [0.15, 0.2) is 5.76 Å². The number of anilines is 2. The van der Waals surface area contributed by atoms with E-state index in [4.69, 9.17) is 4.52 Å². The Morgan fingerprint density at radius 3 is 2.27 bits per heavy atom. The van der Waals surface area contributed by atoms with E-state index < -0.39 is 11.9 Å². The molecule has 202 valence electrons. The third-order valence-corrected chi connectivity index (χ3v) is 6.74. The van der Waals surface area contributed by atoms with Crippen LogP contribution in [0.25, 0.3) is 22.5 Å². The Balaban J connectivity index is 0.000000340. The monoisotopic (exact) mass is 549 g/mol. The van der Waals surface area contributed by atoms with Crippen LogP contribution in [0.1, 0.15) is 24.1 Å². The molecule has 1 aliphatic heterocycles. The van der Waals surface area contributed by atoms with Gasteiger partial charge in [-0.15, -0.1) is 0 Å². The summed E-state index contributed by atoms with van der Waals surface area (Å²) in [6, 6.07) is 26.0. The topological polar surface area (TPSA) is 108 Å². The summed E-state index contributed by atoms with van der Waals surface area (Å²) in [7, 11) is 1.86. The van der Waals surface area contributed by atoms with Crippen LogP contribution < -0.4 is 44.9 Å². The van der Waals surface area contributed by atoms with Crippen LogP contribution in [0.4, 0.5) is 11.4 Å². The minimum Gasteiger partial charge on any atom is -0.550 e. The van der Waals surface area contributed by atoms with Crippen molar-refractivity contribution in [3.8, 4) is 22.5 Å². The molecular formula is C31H32N3NaO5. The zero-order valence-electron chi connectivity index (χ0n) is 23.1. The summed E-state index contributed by atoms with van der Waals surface area (Å²) in [6.45, 7) is 4.12. The minimum absolute atomic E-state index is 0. The van der Waals surface area contributed by atoms with Gasteiger partial charge in [0.05, 0.1) is 0 Å². The van der Waals surface area contributed by atoms with E-state index in [2.05, 4.69) is 56.5 Å². The van der Waals surface area contributed by atoms with E-state index in [9.17, 15) is 14.7 Å². The van der Waals surface area contributed by atoms with Crippen molar-refractivity contribution in [2.75, 3.05) is 30.4 Å². The molecule has 40 heavy (non-hydrogen) atoms. The van der Waals surface area contributed by atoms with Crippen molar-refractivity contribution in [1.29, 1.82) is 0 Å². The number of nitrogens with zero attached hydrogens (tertiary/aromatic N) is 2. The van der Waals surface area contributed by atoms with Crippen molar-refractivity contribution in [2.45, 2.75) is 26.4 Å². The number of aryl methyl sites for hydroxylation is 1. The number of hydrogen-bond donors (Lipinski definition) is 1. The fourth-order valence-electron chi connectivity index (χ4n) is 4.65. The maximum atomic E-state index is 11.2. The second-order valence-electron chi connectivity index (χ2n) is 9.34. The molecule has 1 saturated heterocycles. The van der Waals surface area contributed by atoms with Crippen LogP contribution in [0.15, 0.2) is 83.4 Å². The number of aromatic nitrogens is 1. The number of carboxylic acid groups (broad SMARTS) is 1. The average molecular weight is 550 g/mol. The van der Waals surface area contributed by atoms with Gasteiger partial charge in [-0.2, -0.15) is 0 Å². The van der Waals surface area contributed by atoms with Crippen LogP contribution in [0.2, 0.25) is 0 Å². The maximum absolute atomic E-state index is 11.2. The number of hydrogen-bond acceptors (Lipinski definition) is 8. The largest absolute Gasteiger partial charge is 1.00 e. The maximum Gasteiger partial charge on any atom is 1.00 e. The molecular weight excluding hydrogens is 517 g/mol. The Morgan fingerprint density at radius 2 is 1.68 bits per heavy atom. The predicted molar refractivity (Wildman–Crippen MR) is 149 cm³/mol. The summed E-state index contributed by atoms with van der Waals surface area (Å²) < 4.78 is 10.0. The first-order valence-corrected chi connectivity index (χ1v) is 12.9. The summed E-state index contributed by atoms with van der Waals surface area (Å²) in [4.78, 5) is 23.1. The van der Waals surface area contributed by atoms with E-state index in [0.29, 0.717) is 26.0 Å². The zero-order valence-corrected chi connectivity index (χ0v) is 25.1. The molecule has 0 saturated carbocycles. The number of carbonyl (C=O) groups excluding carboxylic acids is 2. The van der Waals surface area contributed by atoms with Crippen molar-refractivity contribution in [1.82, 2.24) is 5.16 Å². The van der Waals surface area contributed by atoms with Crippen molar-refractivity contribution in [2.24, 2.45) is 5.92 Å². The van der Waals surface area contributed by atoms with Crippen molar-refractivity contribution < 1.29 is 53.5 Å². The number of piperidine rings is 1. The van der Waals surface area contributed by atoms with Gasteiger partial charge in [0.25, 0.3) is 6.47 Å². The SMILES string of the molecule is CNc1c(C)noc1-c1ccc(-c2ccc(N3CCCC(C(=O)[O-])C3)cc2)cc1.O=COCc1ccccc1.[Na+]. The molecule has 0 spiro atoms. The van der Waals surface area contributed by atoms with E-state index in [1.807, 2.05) is 56.4 Å². The number of carboxylic acids is 1. The van der Waals surface area contributed by atoms with Gasteiger partial charge in [0, 0.05) is 43.3 Å². The molecule has 0 bridgehead atoms. The van der Waals surface area contributed by atoms with Crippen LogP contribution in [-0.4, -0.2) is 37.7 Å². The van der Waals surface area contributed by atoms with Crippen molar-refractivity contribution in [3.05, 3.63) is 90.1 Å². The van der Waals surface area contributed by atoms with Gasteiger partial charge in [-0.1, -0.05) is 71.9 Å². The molecule has 0 radical (unpaired) electrons. The van der Waals surface area contributed by atoms with Crippen LogP contribution >= 0.6 is 0 Å². The van der Waals surface area contributed by atoms with Crippen LogP contribution in [0.5, 0.6) is 0 Å². The molecule has 1 N–H and O–H groups in total. The van der Waals surface area contributed by atoms with E-state index in [1.165, 1.54) is 0 Å². The van der Waals surface area contributed by atoms with Gasteiger partial charge in [-0.05, 0) is 48.6 Å². The fourth-order valence-corrected chi connectivity index (χ4v) is 4.65. The van der Waals surface area contributed by atoms with E-state index in [1.54, 1.807) is 0 Å². The summed E-state index contributed by atoms with van der Waals surface area (Å²) in [6.07, 6.45) is 1.57. The number of carbonyl (C=O) groups is 2. The van der Waals surface area contributed by atoms with Crippen molar-refractivity contribution >= 4 is 23.8 Å². The van der Waals surface area contributed by atoms with Gasteiger partial charge in [-0.3, -0.25) is 4.79 Å². The molecule has 4 aromatic rings. The van der Waals surface area contributed by atoms with Gasteiger partial charge in [-0.25, -0.2) is 0 Å². The Hall–Kier alpha value is -3.59. The number of rotatable bonds is 8. The Labute approximate surface area is 256 Å². The third-order valence-electron chi connectivity index (χ3n) is 6.74. The molecule has 5 rings (SSSR count). The minimum atomic E-state index is -0.949. The molecule has 1 unspecified atom stereocenters.